The molecular formula is C19H24FN. The molecule has 2 aromatic carbocycles. The van der Waals surface area contributed by atoms with E-state index in [4.69, 9.17) is 0 Å². The van der Waals surface area contributed by atoms with E-state index < -0.39 is 0 Å². The molecule has 0 amide bonds. The molecule has 0 fully saturated rings. The van der Waals surface area contributed by atoms with Crippen LogP contribution in [0.2, 0.25) is 0 Å². The first kappa shape index (κ1) is 15.6. The van der Waals surface area contributed by atoms with Crippen molar-refractivity contribution in [2.45, 2.75) is 33.6 Å². The van der Waals surface area contributed by atoms with E-state index in [0.29, 0.717) is 5.92 Å². The lowest BCUT2D eigenvalue weighted by molar-refractivity contribution is 0.607. The topological polar surface area (TPSA) is 12.0 Å². The summed E-state index contributed by atoms with van der Waals surface area (Å²) in [6, 6.07) is 13.2. The Bertz CT molecular complexity index is 573. The molecule has 0 heterocycles. The lowest BCUT2D eigenvalue weighted by atomic mass is 9.97. The minimum absolute atomic E-state index is 0.192. The van der Waals surface area contributed by atoms with Crippen LogP contribution in [-0.4, -0.2) is 6.54 Å². The Balaban J connectivity index is 2.23. The van der Waals surface area contributed by atoms with E-state index in [9.17, 15) is 4.39 Å². The molecule has 112 valence electrons. The molecule has 2 heteroatoms. The molecule has 0 aliphatic carbocycles. The van der Waals surface area contributed by atoms with Crippen LogP contribution in [0.1, 0.15) is 32.8 Å². The molecule has 0 bridgehead atoms. The molecule has 0 atom stereocenters. The second-order valence-corrected chi connectivity index (χ2v) is 5.84. The van der Waals surface area contributed by atoms with Crippen molar-refractivity contribution in [3.8, 4) is 11.1 Å². The van der Waals surface area contributed by atoms with Crippen LogP contribution in [0, 0.1) is 11.7 Å². The monoisotopic (exact) mass is 285 g/mol. The van der Waals surface area contributed by atoms with Gasteiger partial charge in [-0.25, -0.2) is 4.39 Å². The van der Waals surface area contributed by atoms with Gasteiger partial charge in [0.25, 0.3) is 0 Å². The highest BCUT2D eigenvalue weighted by Gasteiger charge is 2.06. The molecule has 0 saturated carbocycles. The second kappa shape index (κ2) is 7.26. The van der Waals surface area contributed by atoms with Crippen molar-refractivity contribution >= 4 is 5.69 Å². The normalized spacial score (nSPS) is 10.9. The molecule has 0 unspecified atom stereocenters. The summed E-state index contributed by atoms with van der Waals surface area (Å²) in [6.07, 6.45) is 2.13. The number of rotatable bonds is 6. The van der Waals surface area contributed by atoms with E-state index >= 15 is 0 Å². The highest BCUT2D eigenvalue weighted by atomic mass is 19.1. The van der Waals surface area contributed by atoms with Gasteiger partial charge in [0, 0.05) is 12.2 Å². The number of hydrogen-bond donors (Lipinski definition) is 1. The minimum Gasteiger partial charge on any atom is -0.385 e. The summed E-state index contributed by atoms with van der Waals surface area (Å²) < 4.78 is 13.1. The van der Waals surface area contributed by atoms with E-state index in [1.54, 1.807) is 0 Å². The third-order valence-electron chi connectivity index (χ3n) is 3.70. The van der Waals surface area contributed by atoms with Gasteiger partial charge >= 0.3 is 0 Å². The van der Waals surface area contributed by atoms with Crippen molar-refractivity contribution < 1.29 is 4.39 Å². The fraction of sp³-hybridized carbons (Fsp3) is 0.368. The molecule has 2 aromatic rings. The number of benzene rings is 2. The van der Waals surface area contributed by atoms with Crippen LogP contribution in [0.4, 0.5) is 10.1 Å². The SMILES string of the molecule is CCc1ccc(NCCC(C)C)cc1-c1ccc(F)cc1. The zero-order valence-corrected chi connectivity index (χ0v) is 13.1. The Morgan fingerprint density at radius 2 is 1.76 bits per heavy atom. The third-order valence-corrected chi connectivity index (χ3v) is 3.70. The summed E-state index contributed by atoms with van der Waals surface area (Å²) in [5, 5.41) is 3.47. The lowest BCUT2D eigenvalue weighted by Crippen LogP contribution is -2.05. The smallest absolute Gasteiger partial charge is 0.123 e. The second-order valence-electron chi connectivity index (χ2n) is 5.84. The van der Waals surface area contributed by atoms with Gasteiger partial charge < -0.3 is 5.32 Å². The number of aryl methyl sites for hydroxylation is 1. The molecule has 21 heavy (non-hydrogen) atoms. The fourth-order valence-corrected chi connectivity index (χ4v) is 2.40. The molecule has 0 aliphatic heterocycles. The van der Waals surface area contributed by atoms with Gasteiger partial charge in [-0.05, 0) is 59.7 Å². The fourth-order valence-electron chi connectivity index (χ4n) is 2.40. The lowest BCUT2D eigenvalue weighted by Gasteiger charge is -2.13. The maximum atomic E-state index is 13.1. The van der Waals surface area contributed by atoms with Gasteiger partial charge in [0.2, 0.25) is 0 Å². The predicted molar refractivity (Wildman–Crippen MR) is 89.2 cm³/mol. The Kier molecular flexibility index (Phi) is 5.38. The van der Waals surface area contributed by atoms with Crippen molar-refractivity contribution in [2.24, 2.45) is 5.92 Å². The van der Waals surface area contributed by atoms with Crippen LogP contribution in [0.5, 0.6) is 0 Å². The van der Waals surface area contributed by atoms with Gasteiger partial charge in [0.1, 0.15) is 5.82 Å². The largest absolute Gasteiger partial charge is 0.385 e. The standard InChI is InChI=1S/C19H24FN/c1-4-15-7-10-18(21-12-11-14(2)3)13-19(15)16-5-8-17(20)9-6-16/h5-10,13-14,21H,4,11-12H2,1-3H3. The number of anilines is 1. The van der Waals surface area contributed by atoms with Crippen molar-refractivity contribution in [1.29, 1.82) is 0 Å². The molecule has 1 N–H and O–H groups in total. The van der Waals surface area contributed by atoms with E-state index in [1.807, 2.05) is 12.1 Å². The van der Waals surface area contributed by atoms with Crippen LogP contribution in [0.15, 0.2) is 42.5 Å². The van der Waals surface area contributed by atoms with E-state index in [0.717, 1.165) is 30.6 Å². The maximum Gasteiger partial charge on any atom is 0.123 e. The highest BCUT2D eigenvalue weighted by molar-refractivity contribution is 5.71. The van der Waals surface area contributed by atoms with Crippen molar-refractivity contribution in [1.82, 2.24) is 0 Å². The molecule has 0 saturated heterocycles. The molecule has 0 aromatic heterocycles. The molecule has 0 spiro atoms. The summed E-state index contributed by atoms with van der Waals surface area (Å²) >= 11 is 0. The first-order valence-corrected chi connectivity index (χ1v) is 7.73. The van der Waals surface area contributed by atoms with E-state index in [1.165, 1.54) is 23.3 Å². The highest BCUT2D eigenvalue weighted by Crippen LogP contribution is 2.28. The molecule has 1 nitrogen and oxygen atoms in total. The molecule has 0 radical (unpaired) electrons. The summed E-state index contributed by atoms with van der Waals surface area (Å²) in [7, 11) is 0. The van der Waals surface area contributed by atoms with Gasteiger partial charge in [0.05, 0.1) is 0 Å². The summed E-state index contributed by atoms with van der Waals surface area (Å²) in [5.41, 5.74) is 4.68. The van der Waals surface area contributed by atoms with E-state index in [-0.39, 0.29) is 5.82 Å². The van der Waals surface area contributed by atoms with Crippen LogP contribution in [0.3, 0.4) is 0 Å². The summed E-state index contributed by atoms with van der Waals surface area (Å²) in [5.74, 6) is 0.506. The molecular weight excluding hydrogens is 261 g/mol. The third kappa shape index (κ3) is 4.32. The van der Waals surface area contributed by atoms with Gasteiger partial charge in [-0.15, -0.1) is 0 Å². The molecule has 0 aliphatic rings. The molecule has 2 rings (SSSR count). The van der Waals surface area contributed by atoms with E-state index in [2.05, 4.69) is 44.3 Å². The maximum absolute atomic E-state index is 13.1. The zero-order chi connectivity index (χ0) is 15.2. The average Bonchev–Trinajstić information content (AvgIpc) is 2.47. The van der Waals surface area contributed by atoms with Crippen LogP contribution in [0.25, 0.3) is 11.1 Å². The number of hydrogen-bond acceptors (Lipinski definition) is 1. The van der Waals surface area contributed by atoms with Crippen LogP contribution < -0.4 is 5.32 Å². The Labute approximate surface area is 127 Å². The average molecular weight is 285 g/mol. The van der Waals surface area contributed by atoms with Crippen molar-refractivity contribution in [3.05, 3.63) is 53.8 Å². The minimum atomic E-state index is -0.192. The Morgan fingerprint density at radius 3 is 2.38 bits per heavy atom. The van der Waals surface area contributed by atoms with Crippen molar-refractivity contribution in [2.75, 3.05) is 11.9 Å². The van der Waals surface area contributed by atoms with Gasteiger partial charge in [-0.2, -0.15) is 0 Å². The van der Waals surface area contributed by atoms with Crippen molar-refractivity contribution in [3.63, 3.8) is 0 Å². The first-order valence-electron chi connectivity index (χ1n) is 7.73. The Morgan fingerprint density at radius 1 is 1.05 bits per heavy atom. The van der Waals surface area contributed by atoms with Gasteiger partial charge in [-0.1, -0.05) is 39.0 Å². The van der Waals surface area contributed by atoms with Crippen LogP contribution in [-0.2, 0) is 6.42 Å². The number of halogens is 1. The summed E-state index contributed by atoms with van der Waals surface area (Å²) in [6.45, 7) is 7.58. The quantitative estimate of drug-likeness (QED) is 0.737. The zero-order valence-electron chi connectivity index (χ0n) is 13.1. The van der Waals surface area contributed by atoms with Crippen LogP contribution >= 0.6 is 0 Å². The first-order chi connectivity index (χ1) is 10.1. The van der Waals surface area contributed by atoms with Gasteiger partial charge in [-0.3, -0.25) is 0 Å². The van der Waals surface area contributed by atoms with Gasteiger partial charge in [0.15, 0.2) is 0 Å². The Hall–Kier alpha value is -1.83. The number of nitrogens with one attached hydrogen (secondary N) is 1. The summed E-state index contributed by atoms with van der Waals surface area (Å²) in [4.78, 5) is 0. The predicted octanol–water partition coefficient (Wildman–Crippen LogP) is 5.51.